The Morgan fingerprint density at radius 1 is 1.27 bits per heavy atom. The number of nitrogens with one attached hydrogen (secondary N) is 1. The predicted octanol–water partition coefficient (Wildman–Crippen LogP) is 4.01. The summed E-state index contributed by atoms with van der Waals surface area (Å²) in [7, 11) is 0. The van der Waals surface area contributed by atoms with Crippen molar-refractivity contribution < 1.29 is 9.59 Å². The lowest BCUT2D eigenvalue weighted by Crippen LogP contribution is -2.55. The van der Waals surface area contributed by atoms with Gasteiger partial charge >= 0.3 is 6.03 Å². The minimum Gasteiger partial charge on any atom is -0.324 e. The molecular weight excluding hydrogens is 402 g/mol. The zero-order valence-electron chi connectivity index (χ0n) is 17.1. The van der Waals surface area contributed by atoms with E-state index in [0.29, 0.717) is 49.0 Å². The number of likely N-dealkylation sites (tertiary alicyclic amines) is 1. The molecule has 30 heavy (non-hydrogen) atoms. The Labute approximate surface area is 181 Å². The van der Waals surface area contributed by atoms with Gasteiger partial charge in [-0.1, -0.05) is 23.7 Å². The first-order valence-corrected chi connectivity index (χ1v) is 11.0. The summed E-state index contributed by atoms with van der Waals surface area (Å²) in [5.74, 6) is 1.73. The van der Waals surface area contributed by atoms with Crippen LogP contribution in [0.3, 0.4) is 0 Å². The van der Waals surface area contributed by atoms with Crippen LogP contribution in [0.25, 0.3) is 0 Å². The first-order valence-electron chi connectivity index (χ1n) is 10.6. The molecular formula is C22H26ClN5O2. The van der Waals surface area contributed by atoms with Crippen molar-refractivity contribution in [3.63, 3.8) is 0 Å². The summed E-state index contributed by atoms with van der Waals surface area (Å²) in [6, 6.07) is 9.09. The Bertz CT molecular complexity index is 991. The molecule has 0 atom stereocenters. The Morgan fingerprint density at radius 3 is 2.70 bits per heavy atom. The highest BCUT2D eigenvalue weighted by Gasteiger charge is 2.47. The van der Waals surface area contributed by atoms with Crippen molar-refractivity contribution >= 4 is 35.0 Å². The van der Waals surface area contributed by atoms with E-state index >= 15 is 0 Å². The highest BCUT2D eigenvalue weighted by Crippen LogP contribution is 2.43. The average molecular weight is 428 g/mol. The zero-order chi connectivity index (χ0) is 20.9. The number of aromatic nitrogens is 2. The average Bonchev–Trinajstić information content (AvgIpc) is 3.46. The topological polar surface area (TPSA) is 70.5 Å². The van der Waals surface area contributed by atoms with Gasteiger partial charge in [0.1, 0.15) is 5.82 Å². The number of rotatable bonds is 3. The number of fused-ring (bicyclic) bond motifs is 2. The normalized spacial score (nSPS) is 20.4. The van der Waals surface area contributed by atoms with Crippen molar-refractivity contribution in [1.29, 1.82) is 0 Å². The molecule has 158 valence electrons. The first-order chi connectivity index (χ1) is 14.4. The summed E-state index contributed by atoms with van der Waals surface area (Å²) in [5.41, 5.74) is 1.19. The summed E-state index contributed by atoms with van der Waals surface area (Å²) in [5, 5.41) is 8.19. The van der Waals surface area contributed by atoms with Gasteiger partial charge in [-0.15, -0.1) is 0 Å². The van der Waals surface area contributed by atoms with Crippen LogP contribution in [0.1, 0.15) is 37.8 Å². The van der Waals surface area contributed by atoms with Gasteiger partial charge in [0.05, 0.1) is 28.4 Å². The maximum Gasteiger partial charge on any atom is 0.321 e. The number of carbonyl (C=O) groups excluding carboxylic acids is 2. The molecule has 0 bridgehead atoms. The maximum atomic E-state index is 13.1. The molecule has 2 aliphatic heterocycles. The standard InChI is InChI=1S/C22H26ClN5O2/c1-15-12-19-27(14-16-6-7-16)20(29)13-22(28(19)25-15)8-10-26(11-9-22)21(30)24-18-5-3-2-4-17(18)23/h2-5,12,16H,6-11,13-14H2,1H3,(H,24,30). The molecule has 1 N–H and O–H groups in total. The molecule has 8 heteroatoms. The number of amides is 3. The van der Waals surface area contributed by atoms with E-state index in [2.05, 4.69) is 10.00 Å². The molecule has 0 radical (unpaired) electrons. The minimum atomic E-state index is -0.345. The molecule has 3 amide bonds. The predicted molar refractivity (Wildman–Crippen MR) is 116 cm³/mol. The highest BCUT2D eigenvalue weighted by molar-refractivity contribution is 6.33. The van der Waals surface area contributed by atoms with Gasteiger partial charge < -0.3 is 10.2 Å². The van der Waals surface area contributed by atoms with Crippen LogP contribution in [0, 0.1) is 12.8 Å². The van der Waals surface area contributed by atoms with Gasteiger partial charge in [0.15, 0.2) is 0 Å². The minimum absolute atomic E-state index is 0.160. The molecule has 5 rings (SSSR count). The second kappa shape index (κ2) is 7.30. The Kier molecular flexibility index (Phi) is 4.73. The summed E-state index contributed by atoms with van der Waals surface area (Å²) < 4.78 is 2.08. The fourth-order valence-corrected chi connectivity index (χ4v) is 4.82. The van der Waals surface area contributed by atoms with Gasteiger partial charge in [-0.2, -0.15) is 5.10 Å². The van der Waals surface area contributed by atoms with Gasteiger partial charge in [0.2, 0.25) is 5.91 Å². The van der Waals surface area contributed by atoms with E-state index in [1.807, 2.05) is 30.0 Å². The van der Waals surface area contributed by atoms with Gasteiger partial charge in [-0.3, -0.25) is 9.69 Å². The van der Waals surface area contributed by atoms with E-state index < -0.39 is 0 Å². The molecule has 2 fully saturated rings. The van der Waals surface area contributed by atoms with E-state index in [1.165, 1.54) is 12.8 Å². The lowest BCUT2D eigenvalue weighted by Gasteiger charge is -2.46. The van der Waals surface area contributed by atoms with Gasteiger partial charge in [0.25, 0.3) is 0 Å². The second-order valence-electron chi connectivity index (χ2n) is 8.80. The molecule has 1 aromatic heterocycles. The van der Waals surface area contributed by atoms with Crippen LogP contribution in [-0.2, 0) is 10.3 Å². The third-order valence-corrected chi connectivity index (χ3v) is 6.88. The molecule has 0 unspecified atom stereocenters. The molecule has 3 heterocycles. The van der Waals surface area contributed by atoms with Crippen LogP contribution in [0.4, 0.5) is 16.3 Å². The van der Waals surface area contributed by atoms with Crippen LogP contribution in [-0.4, -0.2) is 46.3 Å². The molecule has 3 aliphatic rings. The van der Waals surface area contributed by atoms with E-state index in [9.17, 15) is 9.59 Å². The highest BCUT2D eigenvalue weighted by atomic mass is 35.5. The number of carbonyl (C=O) groups is 2. The van der Waals surface area contributed by atoms with Gasteiger partial charge in [-0.05, 0) is 50.7 Å². The largest absolute Gasteiger partial charge is 0.324 e. The Hall–Kier alpha value is -2.54. The summed E-state index contributed by atoms with van der Waals surface area (Å²) in [4.78, 5) is 29.5. The van der Waals surface area contributed by atoms with Crippen LogP contribution in [0.2, 0.25) is 5.02 Å². The SMILES string of the molecule is Cc1cc2n(n1)C1(CCN(C(=O)Nc3ccccc3Cl)CC1)CC(=O)N2CC1CC1. The number of nitrogens with zero attached hydrogens (tertiary/aromatic N) is 4. The number of para-hydroxylation sites is 1. The Balaban J connectivity index is 1.32. The fourth-order valence-electron chi connectivity index (χ4n) is 4.63. The molecule has 1 saturated heterocycles. The van der Waals surface area contributed by atoms with Crippen LogP contribution < -0.4 is 10.2 Å². The monoisotopic (exact) mass is 427 g/mol. The molecule has 1 spiro atoms. The van der Waals surface area contributed by atoms with Crippen molar-refractivity contribution in [2.24, 2.45) is 5.92 Å². The molecule has 2 aromatic rings. The molecule has 1 aliphatic carbocycles. The van der Waals surface area contributed by atoms with Crippen molar-refractivity contribution in [1.82, 2.24) is 14.7 Å². The summed E-state index contributed by atoms with van der Waals surface area (Å²) in [6.45, 7) is 3.92. The van der Waals surface area contributed by atoms with Crippen LogP contribution >= 0.6 is 11.6 Å². The number of hydrogen-bond acceptors (Lipinski definition) is 3. The summed E-state index contributed by atoms with van der Waals surface area (Å²) >= 11 is 6.17. The smallest absolute Gasteiger partial charge is 0.321 e. The summed E-state index contributed by atoms with van der Waals surface area (Å²) in [6.07, 6.45) is 4.28. The lowest BCUT2D eigenvalue weighted by atomic mass is 9.82. The number of anilines is 2. The van der Waals surface area contributed by atoms with Crippen molar-refractivity contribution in [2.75, 3.05) is 29.9 Å². The number of aryl methyl sites for hydroxylation is 1. The Morgan fingerprint density at radius 2 is 2.00 bits per heavy atom. The number of urea groups is 1. The van der Waals surface area contributed by atoms with E-state index in [4.69, 9.17) is 16.7 Å². The number of hydrogen-bond donors (Lipinski definition) is 1. The first kappa shape index (κ1) is 19.4. The van der Waals surface area contributed by atoms with Crippen molar-refractivity contribution in [2.45, 2.75) is 44.6 Å². The fraction of sp³-hybridized carbons (Fsp3) is 0.500. The molecule has 1 aromatic carbocycles. The van der Waals surface area contributed by atoms with E-state index in [0.717, 1.165) is 18.1 Å². The van der Waals surface area contributed by atoms with Crippen molar-refractivity contribution in [3.8, 4) is 0 Å². The third-order valence-electron chi connectivity index (χ3n) is 6.55. The molecule has 7 nitrogen and oxygen atoms in total. The number of benzene rings is 1. The quantitative estimate of drug-likeness (QED) is 0.804. The van der Waals surface area contributed by atoms with Crippen molar-refractivity contribution in [3.05, 3.63) is 41.0 Å². The number of halogens is 1. The van der Waals surface area contributed by atoms with E-state index in [-0.39, 0.29) is 17.5 Å². The zero-order valence-corrected chi connectivity index (χ0v) is 17.9. The van der Waals surface area contributed by atoms with Crippen LogP contribution in [0.5, 0.6) is 0 Å². The van der Waals surface area contributed by atoms with E-state index in [1.54, 1.807) is 17.0 Å². The van der Waals surface area contributed by atoms with Crippen LogP contribution in [0.15, 0.2) is 30.3 Å². The van der Waals surface area contributed by atoms with Gasteiger partial charge in [-0.25, -0.2) is 9.48 Å². The van der Waals surface area contributed by atoms with Gasteiger partial charge in [0, 0.05) is 25.7 Å². The third kappa shape index (κ3) is 3.45. The molecule has 1 saturated carbocycles. The second-order valence-corrected chi connectivity index (χ2v) is 9.21. The lowest BCUT2D eigenvalue weighted by molar-refractivity contribution is -0.122. The maximum absolute atomic E-state index is 13.1. The number of piperidine rings is 1.